The van der Waals surface area contributed by atoms with Gasteiger partial charge in [0.1, 0.15) is 5.75 Å². The molecule has 116 valence electrons. The Balaban J connectivity index is 1.86. The molecule has 0 aliphatic carbocycles. The highest BCUT2D eigenvalue weighted by Gasteiger charge is 2.30. The third-order valence-electron chi connectivity index (χ3n) is 3.74. The lowest BCUT2D eigenvalue weighted by Crippen LogP contribution is -2.42. The molecule has 0 fully saturated rings. The molecular formula is C16H22ClNO3. The van der Waals surface area contributed by atoms with Crippen molar-refractivity contribution in [2.75, 3.05) is 13.2 Å². The van der Waals surface area contributed by atoms with Crippen LogP contribution in [0.25, 0.3) is 0 Å². The number of fused-ring (bicyclic) bond motifs is 1. The lowest BCUT2D eigenvalue weighted by molar-refractivity contribution is -0.127. The number of benzene rings is 1. The smallest absolute Gasteiger partial charge is 0.261 e. The van der Waals surface area contributed by atoms with Gasteiger partial charge in [-0.25, -0.2) is 0 Å². The van der Waals surface area contributed by atoms with Gasteiger partial charge in [0.05, 0.1) is 0 Å². The normalized spacial score (nSPS) is 17.2. The van der Waals surface area contributed by atoms with Gasteiger partial charge in [-0.15, -0.1) is 0 Å². The number of aliphatic hydroxyl groups is 1. The summed E-state index contributed by atoms with van der Waals surface area (Å²) in [6.45, 7) is 4.90. The van der Waals surface area contributed by atoms with Gasteiger partial charge in [0.25, 0.3) is 5.91 Å². The number of aliphatic hydroxyl groups excluding tert-OH is 1. The van der Waals surface area contributed by atoms with Gasteiger partial charge in [-0.3, -0.25) is 4.79 Å². The fraction of sp³-hybridized carbons (Fsp3) is 0.562. The van der Waals surface area contributed by atoms with Gasteiger partial charge >= 0.3 is 0 Å². The Morgan fingerprint density at radius 1 is 1.52 bits per heavy atom. The molecule has 0 saturated heterocycles. The van der Waals surface area contributed by atoms with Crippen LogP contribution in [0, 0.1) is 5.41 Å². The molecule has 2 rings (SSSR count). The van der Waals surface area contributed by atoms with E-state index in [1.165, 1.54) is 0 Å². The molecule has 1 atom stereocenters. The molecule has 2 N–H and O–H groups in total. The minimum absolute atomic E-state index is 0.0346. The van der Waals surface area contributed by atoms with E-state index in [1.807, 2.05) is 6.07 Å². The summed E-state index contributed by atoms with van der Waals surface area (Å²) in [5, 5.41) is 12.5. The first kappa shape index (κ1) is 16.1. The maximum Gasteiger partial charge on any atom is 0.261 e. The van der Waals surface area contributed by atoms with Gasteiger partial charge in [-0.1, -0.05) is 25.4 Å². The summed E-state index contributed by atoms with van der Waals surface area (Å²) in [6.07, 6.45) is 1.68. The van der Waals surface area contributed by atoms with Crippen molar-refractivity contribution in [1.82, 2.24) is 5.32 Å². The van der Waals surface area contributed by atoms with Crippen molar-refractivity contribution in [3.05, 3.63) is 28.8 Å². The zero-order chi connectivity index (χ0) is 15.5. The molecule has 1 aliphatic rings. The quantitative estimate of drug-likeness (QED) is 0.849. The van der Waals surface area contributed by atoms with Crippen molar-refractivity contribution in [1.29, 1.82) is 0 Å². The van der Waals surface area contributed by atoms with Crippen molar-refractivity contribution < 1.29 is 14.6 Å². The molecule has 0 bridgehead atoms. The van der Waals surface area contributed by atoms with E-state index in [9.17, 15) is 4.79 Å². The standard InChI is InChI=1S/C16H22ClNO3/c1-16(2,6-3-7-19)10-18-15(20)14-9-11-8-12(17)4-5-13(11)21-14/h4-5,8,14,19H,3,6-7,9-10H2,1-2H3,(H,18,20). The van der Waals surface area contributed by atoms with Crippen molar-refractivity contribution in [2.45, 2.75) is 39.2 Å². The summed E-state index contributed by atoms with van der Waals surface area (Å²) in [4.78, 5) is 12.2. The first-order valence-electron chi connectivity index (χ1n) is 7.25. The molecule has 0 saturated carbocycles. The Labute approximate surface area is 130 Å². The van der Waals surface area contributed by atoms with E-state index >= 15 is 0 Å². The third-order valence-corrected chi connectivity index (χ3v) is 3.98. The fourth-order valence-electron chi connectivity index (χ4n) is 2.45. The van der Waals surface area contributed by atoms with E-state index < -0.39 is 6.10 Å². The highest BCUT2D eigenvalue weighted by Crippen LogP contribution is 2.31. The lowest BCUT2D eigenvalue weighted by atomic mass is 9.88. The maximum absolute atomic E-state index is 12.2. The molecule has 4 nitrogen and oxygen atoms in total. The zero-order valence-corrected chi connectivity index (χ0v) is 13.2. The Kier molecular flexibility index (Phi) is 5.12. The second kappa shape index (κ2) is 6.67. The SMILES string of the molecule is CC(C)(CCCO)CNC(=O)C1Cc2cc(Cl)ccc2O1. The number of ether oxygens (including phenoxy) is 1. The molecule has 1 unspecified atom stereocenters. The number of hydrogen-bond acceptors (Lipinski definition) is 3. The molecule has 1 amide bonds. The summed E-state index contributed by atoms with van der Waals surface area (Å²) in [7, 11) is 0. The molecule has 1 heterocycles. The van der Waals surface area contributed by atoms with E-state index in [0.717, 1.165) is 24.2 Å². The number of carbonyl (C=O) groups is 1. The van der Waals surface area contributed by atoms with E-state index in [2.05, 4.69) is 19.2 Å². The molecule has 1 aromatic rings. The molecule has 0 spiro atoms. The highest BCUT2D eigenvalue weighted by atomic mass is 35.5. The molecule has 0 aromatic heterocycles. The molecule has 5 heteroatoms. The van der Waals surface area contributed by atoms with Crippen molar-refractivity contribution in [3.8, 4) is 5.75 Å². The molecular weight excluding hydrogens is 290 g/mol. The minimum Gasteiger partial charge on any atom is -0.480 e. The van der Waals surface area contributed by atoms with Crippen LogP contribution in [-0.4, -0.2) is 30.3 Å². The number of halogens is 1. The average Bonchev–Trinajstić information content (AvgIpc) is 2.85. The lowest BCUT2D eigenvalue weighted by Gasteiger charge is -2.25. The van der Waals surface area contributed by atoms with Crippen molar-refractivity contribution in [3.63, 3.8) is 0 Å². The Morgan fingerprint density at radius 3 is 3.00 bits per heavy atom. The summed E-state index contributed by atoms with van der Waals surface area (Å²) < 4.78 is 5.66. The van der Waals surface area contributed by atoms with Gasteiger partial charge in [-0.05, 0) is 42.0 Å². The van der Waals surface area contributed by atoms with Crippen LogP contribution in [-0.2, 0) is 11.2 Å². The van der Waals surface area contributed by atoms with Crippen molar-refractivity contribution >= 4 is 17.5 Å². The first-order chi connectivity index (χ1) is 9.91. The summed E-state index contributed by atoms with van der Waals surface area (Å²) in [5.74, 6) is 0.637. The second-order valence-corrected chi connectivity index (χ2v) is 6.71. The van der Waals surface area contributed by atoms with Gasteiger partial charge < -0.3 is 15.2 Å². The van der Waals surface area contributed by atoms with Crippen LogP contribution >= 0.6 is 11.6 Å². The fourth-order valence-corrected chi connectivity index (χ4v) is 2.64. The van der Waals surface area contributed by atoms with Gasteiger partial charge in [0.15, 0.2) is 6.10 Å². The Hall–Kier alpha value is -1.26. The second-order valence-electron chi connectivity index (χ2n) is 6.27. The minimum atomic E-state index is -0.480. The highest BCUT2D eigenvalue weighted by molar-refractivity contribution is 6.30. The van der Waals surface area contributed by atoms with Crippen molar-refractivity contribution in [2.24, 2.45) is 5.41 Å². The number of hydrogen-bond donors (Lipinski definition) is 2. The van der Waals surface area contributed by atoms with Crippen LogP contribution in [0.1, 0.15) is 32.3 Å². The number of amides is 1. The van der Waals surface area contributed by atoms with Crippen LogP contribution in [0.2, 0.25) is 5.02 Å². The van der Waals surface area contributed by atoms with E-state index in [1.54, 1.807) is 12.1 Å². The van der Waals surface area contributed by atoms with E-state index in [-0.39, 0.29) is 17.9 Å². The third kappa shape index (κ3) is 4.35. The monoisotopic (exact) mass is 311 g/mol. The van der Waals surface area contributed by atoms with Crippen LogP contribution < -0.4 is 10.1 Å². The topological polar surface area (TPSA) is 58.6 Å². The first-order valence-corrected chi connectivity index (χ1v) is 7.63. The average molecular weight is 312 g/mol. The van der Waals surface area contributed by atoms with Gasteiger partial charge in [-0.2, -0.15) is 0 Å². The molecule has 1 aromatic carbocycles. The molecule has 1 aliphatic heterocycles. The Bertz CT molecular complexity index is 516. The van der Waals surface area contributed by atoms with E-state index in [4.69, 9.17) is 21.4 Å². The maximum atomic E-state index is 12.2. The number of nitrogens with one attached hydrogen (secondary N) is 1. The number of rotatable bonds is 6. The van der Waals surface area contributed by atoms with Crippen LogP contribution in [0.4, 0.5) is 0 Å². The van der Waals surface area contributed by atoms with Crippen LogP contribution in [0.5, 0.6) is 5.75 Å². The largest absolute Gasteiger partial charge is 0.480 e. The predicted octanol–water partition coefficient (Wildman–Crippen LogP) is 2.56. The predicted molar refractivity (Wildman–Crippen MR) is 82.7 cm³/mol. The zero-order valence-electron chi connectivity index (χ0n) is 12.5. The number of carbonyl (C=O) groups excluding carboxylic acids is 1. The van der Waals surface area contributed by atoms with Gasteiger partial charge in [0.2, 0.25) is 0 Å². The Morgan fingerprint density at radius 2 is 2.29 bits per heavy atom. The van der Waals surface area contributed by atoms with Gasteiger partial charge in [0, 0.05) is 24.6 Å². The van der Waals surface area contributed by atoms with Crippen LogP contribution in [0.3, 0.4) is 0 Å². The van der Waals surface area contributed by atoms with Crippen LogP contribution in [0.15, 0.2) is 18.2 Å². The van der Waals surface area contributed by atoms with E-state index in [0.29, 0.717) is 18.0 Å². The molecule has 21 heavy (non-hydrogen) atoms. The summed E-state index contributed by atoms with van der Waals surface area (Å²) in [6, 6.07) is 5.41. The summed E-state index contributed by atoms with van der Waals surface area (Å²) in [5.41, 5.74) is 0.940. The molecule has 0 radical (unpaired) electrons. The summed E-state index contributed by atoms with van der Waals surface area (Å²) >= 11 is 5.94.